The fraction of sp³-hybridized carbons (Fsp3) is 0.158. The zero-order valence-electron chi connectivity index (χ0n) is 15.1. The molecule has 0 radical (unpaired) electrons. The molecule has 0 unspecified atom stereocenters. The van der Waals surface area contributed by atoms with Gasteiger partial charge in [0.2, 0.25) is 0 Å². The Labute approximate surface area is 165 Å². The van der Waals surface area contributed by atoms with Gasteiger partial charge in [0, 0.05) is 28.9 Å². The average Bonchev–Trinajstić information content (AvgIpc) is 2.67. The normalized spacial score (nSPS) is 10.5. The van der Waals surface area contributed by atoms with Crippen molar-refractivity contribution in [1.29, 1.82) is 0 Å². The Morgan fingerprint density at radius 2 is 1.93 bits per heavy atom. The van der Waals surface area contributed by atoms with Crippen molar-refractivity contribution in [2.75, 3.05) is 19.0 Å². The Morgan fingerprint density at radius 1 is 1.25 bits per heavy atom. The maximum Gasteiger partial charge on any atom is 0.331 e. The molecule has 146 valence electrons. The zero-order valence-corrected chi connectivity index (χ0v) is 15.9. The summed E-state index contributed by atoms with van der Waals surface area (Å²) in [6, 6.07) is 9.44. The molecule has 0 fully saturated rings. The number of nitro groups is 1. The molecule has 0 heterocycles. The number of carbonyl (C=O) groups excluding carboxylic acids is 2. The first-order valence-electron chi connectivity index (χ1n) is 8.03. The Hall–Kier alpha value is -3.39. The number of amides is 1. The lowest BCUT2D eigenvalue weighted by atomic mass is 10.1. The highest BCUT2D eigenvalue weighted by atomic mass is 35.5. The molecule has 2 aromatic carbocycles. The van der Waals surface area contributed by atoms with Gasteiger partial charge < -0.3 is 14.8 Å². The van der Waals surface area contributed by atoms with Crippen molar-refractivity contribution in [2.45, 2.75) is 6.92 Å². The lowest BCUT2D eigenvalue weighted by Crippen LogP contribution is -2.20. The summed E-state index contributed by atoms with van der Waals surface area (Å²) in [6.07, 6.45) is 2.72. The van der Waals surface area contributed by atoms with Crippen molar-refractivity contribution in [1.82, 2.24) is 0 Å². The summed E-state index contributed by atoms with van der Waals surface area (Å²) in [6.45, 7) is 1.09. The summed E-state index contributed by atoms with van der Waals surface area (Å²) >= 11 is 5.78. The molecule has 0 saturated carbocycles. The maximum atomic E-state index is 12.0. The Bertz CT molecular complexity index is 925. The number of ether oxygens (including phenoxy) is 2. The van der Waals surface area contributed by atoms with Gasteiger partial charge in [-0.1, -0.05) is 23.7 Å². The number of esters is 1. The fourth-order valence-corrected chi connectivity index (χ4v) is 2.35. The van der Waals surface area contributed by atoms with Crippen LogP contribution < -0.4 is 10.1 Å². The second-order valence-electron chi connectivity index (χ2n) is 5.64. The molecule has 0 aromatic heterocycles. The van der Waals surface area contributed by atoms with Crippen LogP contribution >= 0.6 is 11.6 Å². The smallest absolute Gasteiger partial charge is 0.331 e. The van der Waals surface area contributed by atoms with E-state index < -0.39 is 23.4 Å². The lowest BCUT2D eigenvalue weighted by Gasteiger charge is -2.10. The number of carbonyl (C=O) groups is 2. The van der Waals surface area contributed by atoms with Gasteiger partial charge in [0.05, 0.1) is 12.0 Å². The van der Waals surface area contributed by atoms with Crippen molar-refractivity contribution in [2.24, 2.45) is 0 Å². The van der Waals surface area contributed by atoms with Crippen LogP contribution in [0.5, 0.6) is 5.75 Å². The van der Waals surface area contributed by atoms with Gasteiger partial charge in [0.1, 0.15) is 0 Å². The Morgan fingerprint density at radius 3 is 2.54 bits per heavy atom. The third-order valence-electron chi connectivity index (χ3n) is 3.62. The Kier molecular flexibility index (Phi) is 7.11. The van der Waals surface area contributed by atoms with Crippen LogP contribution in [0.4, 0.5) is 11.4 Å². The predicted octanol–water partition coefficient (Wildman–Crippen LogP) is 3.76. The molecule has 0 aliphatic rings. The van der Waals surface area contributed by atoms with E-state index in [1.807, 2.05) is 0 Å². The summed E-state index contributed by atoms with van der Waals surface area (Å²) in [5.74, 6) is -1.27. The number of methoxy groups -OCH3 is 1. The van der Waals surface area contributed by atoms with E-state index in [9.17, 15) is 19.7 Å². The number of nitro benzene ring substituents is 1. The molecule has 0 atom stereocenters. The Balaban J connectivity index is 1.94. The van der Waals surface area contributed by atoms with Gasteiger partial charge in [-0.3, -0.25) is 14.9 Å². The molecule has 0 saturated heterocycles. The van der Waals surface area contributed by atoms with E-state index in [4.69, 9.17) is 21.1 Å². The molecule has 0 spiro atoms. The van der Waals surface area contributed by atoms with Crippen LogP contribution in [-0.2, 0) is 14.3 Å². The third kappa shape index (κ3) is 5.82. The summed E-state index contributed by atoms with van der Waals surface area (Å²) in [7, 11) is 1.29. The number of nitrogens with zero attached hydrogens (tertiary/aromatic N) is 1. The second kappa shape index (κ2) is 9.52. The van der Waals surface area contributed by atoms with Crippen molar-refractivity contribution < 1.29 is 24.0 Å². The van der Waals surface area contributed by atoms with E-state index in [-0.39, 0.29) is 11.4 Å². The molecule has 2 aromatic rings. The van der Waals surface area contributed by atoms with Gasteiger partial charge in [-0.15, -0.1) is 0 Å². The molecule has 9 heteroatoms. The summed E-state index contributed by atoms with van der Waals surface area (Å²) in [5, 5.41) is 14.1. The van der Waals surface area contributed by atoms with Crippen LogP contribution in [0.15, 0.2) is 42.5 Å². The van der Waals surface area contributed by atoms with E-state index in [2.05, 4.69) is 5.32 Å². The highest BCUT2D eigenvalue weighted by molar-refractivity contribution is 6.30. The quantitative estimate of drug-likeness (QED) is 0.326. The summed E-state index contributed by atoms with van der Waals surface area (Å²) in [5.41, 5.74) is 1.33. The van der Waals surface area contributed by atoms with Crippen LogP contribution in [0.25, 0.3) is 6.08 Å². The number of benzene rings is 2. The first-order valence-corrected chi connectivity index (χ1v) is 8.41. The number of anilines is 1. The van der Waals surface area contributed by atoms with E-state index in [0.29, 0.717) is 16.3 Å². The zero-order chi connectivity index (χ0) is 20.7. The molecular formula is C19H17ClN2O6. The fourth-order valence-electron chi connectivity index (χ4n) is 2.22. The van der Waals surface area contributed by atoms with Crippen LogP contribution in [0.1, 0.15) is 11.1 Å². The molecule has 0 bridgehead atoms. The summed E-state index contributed by atoms with van der Waals surface area (Å²) < 4.78 is 9.84. The number of nitrogens with one attached hydrogen (secondary N) is 1. The second-order valence-corrected chi connectivity index (χ2v) is 6.07. The molecule has 2 rings (SSSR count). The van der Waals surface area contributed by atoms with Crippen LogP contribution in [0.2, 0.25) is 5.02 Å². The van der Waals surface area contributed by atoms with Gasteiger partial charge in [0.15, 0.2) is 12.4 Å². The van der Waals surface area contributed by atoms with Gasteiger partial charge >= 0.3 is 11.7 Å². The first kappa shape index (κ1) is 20.9. The van der Waals surface area contributed by atoms with E-state index >= 15 is 0 Å². The molecule has 8 nitrogen and oxygen atoms in total. The minimum Gasteiger partial charge on any atom is -0.490 e. The first-order chi connectivity index (χ1) is 13.3. The number of hydrogen-bond acceptors (Lipinski definition) is 6. The summed E-state index contributed by atoms with van der Waals surface area (Å²) in [4.78, 5) is 34.1. The largest absolute Gasteiger partial charge is 0.490 e. The van der Waals surface area contributed by atoms with Gasteiger partial charge in [0.25, 0.3) is 5.91 Å². The number of aryl methyl sites for hydroxylation is 1. The minimum atomic E-state index is -0.692. The van der Waals surface area contributed by atoms with E-state index in [1.165, 1.54) is 31.4 Å². The van der Waals surface area contributed by atoms with Crippen molar-refractivity contribution in [3.8, 4) is 5.75 Å². The average molecular weight is 405 g/mol. The molecule has 0 aliphatic heterocycles. The number of hydrogen-bond donors (Lipinski definition) is 1. The predicted molar refractivity (Wildman–Crippen MR) is 104 cm³/mol. The standard InChI is InChI=1S/C19H17ClN2O6/c1-12-9-16(22(25)26)17(27-2)10-15(12)21-18(23)11-28-19(24)8-5-13-3-6-14(20)7-4-13/h3-10H,11H2,1-2H3,(H,21,23)/b8-5+. The van der Waals surface area contributed by atoms with Gasteiger partial charge in [-0.05, 0) is 36.3 Å². The third-order valence-corrected chi connectivity index (χ3v) is 3.88. The highest BCUT2D eigenvalue weighted by Gasteiger charge is 2.18. The number of halogens is 1. The topological polar surface area (TPSA) is 108 Å². The van der Waals surface area contributed by atoms with Crippen LogP contribution in [0.3, 0.4) is 0 Å². The molecule has 1 amide bonds. The van der Waals surface area contributed by atoms with E-state index in [0.717, 1.165) is 5.56 Å². The highest BCUT2D eigenvalue weighted by Crippen LogP contribution is 2.32. The van der Waals surface area contributed by atoms with Crippen molar-refractivity contribution in [3.05, 3.63) is 68.7 Å². The lowest BCUT2D eigenvalue weighted by molar-refractivity contribution is -0.385. The molecule has 0 aliphatic carbocycles. The SMILES string of the molecule is COc1cc(NC(=O)COC(=O)/C=C/c2ccc(Cl)cc2)c(C)cc1[N+](=O)[O-]. The van der Waals surface area contributed by atoms with Gasteiger partial charge in [-0.2, -0.15) is 0 Å². The van der Waals surface area contributed by atoms with Crippen molar-refractivity contribution in [3.63, 3.8) is 0 Å². The molecule has 1 N–H and O–H groups in total. The minimum absolute atomic E-state index is 0.00814. The number of rotatable bonds is 7. The molecular weight excluding hydrogens is 388 g/mol. The monoisotopic (exact) mass is 404 g/mol. The van der Waals surface area contributed by atoms with Gasteiger partial charge in [-0.25, -0.2) is 4.79 Å². The molecule has 28 heavy (non-hydrogen) atoms. The van der Waals surface area contributed by atoms with Crippen LogP contribution in [-0.4, -0.2) is 30.5 Å². The van der Waals surface area contributed by atoms with Crippen LogP contribution in [0, 0.1) is 17.0 Å². The maximum absolute atomic E-state index is 12.0. The van der Waals surface area contributed by atoms with E-state index in [1.54, 1.807) is 31.2 Å². The van der Waals surface area contributed by atoms with Crippen molar-refractivity contribution >= 4 is 40.9 Å².